The van der Waals surface area contributed by atoms with Crippen LogP contribution in [0.3, 0.4) is 0 Å². The number of halogens is 2. The Morgan fingerprint density at radius 2 is 1.73 bits per heavy atom. The number of nitrogens with two attached hydrogens (primary N) is 1. The molecule has 0 aliphatic heterocycles. The van der Waals surface area contributed by atoms with E-state index in [2.05, 4.69) is 0 Å². The molecule has 15 heavy (non-hydrogen) atoms. The van der Waals surface area contributed by atoms with E-state index >= 15 is 0 Å². The van der Waals surface area contributed by atoms with Gasteiger partial charge in [-0.05, 0) is 30.5 Å². The molecule has 1 aromatic rings. The lowest BCUT2D eigenvalue weighted by molar-refractivity contribution is -0.138. The highest BCUT2D eigenvalue weighted by Crippen LogP contribution is 2.25. The van der Waals surface area contributed by atoms with Crippen LogP contribution >= 0.6 is 0 Å². The first-order valence-corrected chi connectivity index (χ1v) is 4.29. The molecule has 3 nitrogen and oxygen atoms in total. The van der Waals surface area contributed by atoms with Crippen molar-refractivity contribution in [3.63, 3.8) is 0 Å². The van der Waals surface area contributed by atoms with E-state index in [1.165, 1.54) is 13.8 Å². The van der Waals surface area contributed by atoms with Crippen molar-refractivity contribution in [1.82, 2.24) is 0 Å². The number of aliphatic carboxylic acids is 1. The first kappa shape index (κ1) is 11.6. The van der Waals surface area contributed by atoms with Crippen LogP contribution < -0.4 is 5.73 Å². The molecule has 1 unspecified atom stereocenters. The summed E-state index contributed by atoms with van der Waals surface area (Å²) in [6.07, 6.45) is 0. The van der Waals surface area contributed by atoms with Gasteiger partial charge in [-0.3, -0.25) is 4.79 Å². The molecule has 1 rings (SSSR count). The van der Waals surface area contributed by atoms with Crippen molar-refractivity contribution in [3.8, 4) is 0 Å². The van der Waals surface area contributed by atoms with Gasteiger partial charge in [-0.2, -0.15) is 0 Å². The Labute approximate surface area is 85.5 Å². The normalized spacial score (nSPS) is 12.6. The lowest BCUT2D eigenvalue weighted by atomic mass is 9.96. The van der Waals surface area contributed by atoms with Crippen LogP contribution in [0.15, 0.2) is 6.07 Å². The van der Waals surface area contributed by atoms with Gasteiger partial charge in [-0.15, -0.1) is 0 Å². The van der Waals surface area contributed by atoms with E-state index in [0.717, 1.165) is 6.07 Å². The van der Waals surface area contributed by atoms with Crippen LogP contribution in [0.25, 0.3) is 0 Å². The van der Waals surface area contributed by atoms with Gasteiger partial charge in [0.2, 0.25) is 0 Å². The second-order valence-electron chi connectivity index (χ2n) is 3.32. The molecule has 0 aliphatic rings. The summed E-state index contributed by atoms with van der Waals surface area (Å²) in [6, 6.07) is -0.682. The van der Waals surface area contributed by atoms with Gasteiger partial charge in [-0.25, -0.2) is 8.78 Å². The molecule has 0 saturated carbocycles. The van der Waals surface area contributed by atoms with Crippen LogP contribution in [0.2, 0.25) is 0 Å². The van der Waals surface area contributed by atoms with E-state index in [4.69, 9.17) is 10.8 Å². The predicted molar refractivity (Wildman–Crippen MR) is 50.4 cm³/mol. The quantitative estimate of drug-likeness (QED) is 0.788. The predicted octanol–water partition coefficient (Wildman–Crippen LogP) is 1.67. The van der Waals surface area contributed by atoms with Gasteiger partial charge in [0, 0.05) is 6.07 Å². The fourth-order valence-electron chi connectivity index (χ4n) is 1.46. The minimum absolute atomic E-state index is 0.000000000000000444. The summed E-state index contributed by atoms with van der Waals surface area (Å²) < 4.78 is 26.3. The van der Waals surface area contributed by atoms with Crippen LogP contribution in [0.1, 0.15) is 22.7 Å². The fourth-order valence-corrected chi connectivity index (χ4v) is 1.46. The van der Waals surface area contributed by atoms with Crippen LogP contribution in [0.5, 0.6) is 0 Å². The zero-order valence-corrected chi connectivity index (χ0v) is 8.34. The minimum Gasteiger partial charge on any atom is -0.480 e. The summed E-state index contributed by atoms with van der Waals surface area (Å²) >= 11 is 0. The van der Waals surface area contributed by atoms with Gasteiger partial charge in [0.1, 0.15) is 17.7 Å². The molecule has 0 aromatic heterocycles. The van der Waals surface area contributed by atoms with Crippen molar-refractivity contribution < 1.29 is 18.7 Å². The van der Waals surface area contributed by atoms with Crippen molar-refractivity contribution in [2.45, 2.75) is 19.9 Å². The Kier molecular flexibility index (Phi) is 3.04. The van der Waals surface area contributed by atoms with Crippen molar-refractivity contribution in [3.05, 3.63) is 34.4 Å². The summed E-state index contributed by atoms with van der Waals surface area (Å²) in [4.78, 5) is 10.7. The van der Waals surface area contributed by atoms with E-state index in [0.29, 0.717) is 0 Å². The lowest BCUT2D eigenvalue weighted by Gasteiger charge is -2.15. The van der Waals surface area contributed by atoms with Crippen molar-refractivity contribution in [2.24, 2.45) is 5.73 Å². The Hall–Kier alpha value is -1.49. The molecule has 5 heteroatoms. The first-order chi connectivity index (χ1) is 6.86. The molecule has 0 saturated heterocycles. The number of benzene rings is 1. The van der Waals surface area contributed by atoms with Gasteiger partial charge in [0.15, 0.2) is 0 Å². The highest BCUT2D eigenvalue weighted by Gasteiger charge is 2.22. The highest BCUT2D eigenvalue weighted by molar-refractivity contribution is 5.76. The van der Waals surface area contributed by atoms with Gasteiger partial charge >= 0.3 is 5.97 Å². The van der Waals surface area contributed by atoms with Crippen molar-refractivity contribution in [1.29, 1.82) is 0 Å². The Morgan fingerprint density at radius 3 is 2.07 bits per heavy atom. The van der Waals surface area contributed by atoms with Crippen LogP contribution in [0.4, 0.5) is 8.78 Å². The average Bonchev–Trinajstić information content (AvgIpc) is 2.15. The number of carboxylic acid groups (broad SMARTS) is 1. The summed E-state index contributed by atoms with van der Waals surface area (Å²) in [7, 11) is 0. The number of carboxylic acids is 1. The standard InChI is InChI=1S/C10H11F2NO2/c1-4-6(11)3-7(12)5(2)8(4)9(13)10(14)15/h3,9H,13H2,1-2H3,(H,14,15). The highest BCUT2D eigenvalue weighted by atomic mass is 19.1. The number of hydrogen-bond acceptors (Lipinski definition) is 2. The summed E-state index contributed by atoms with van der Waals surface area (Å²) in [5, 5.41) is 8.70. The number of carbonyl (C=O) groups is 1. The molecule has 1 atom stereocenters. The molecule has 0 spiro atoms. The minimum atomic E-state index is -1.41. The van der Waals surface area contributed by atoms with Crippen LogP contribution in [-0.2, 0) is 4.79 Å². The SMILES string of the molecule is Cc1c(F)cc(F)c(C)c1C(N)C(=O)O. The van der Waals surface area contributed by atoms with Gasteiger partial charge in [-0.1, -0.05) is 0 Å². The Morgan fingerprint density at radius 1 is 1.33 bits per heavy atom. The Bertz CT molecular complexity index is 392. The molecular weight excluding hydrogens is 204 g/mol. The van der Waals surface area contributed by atoms with Crippen LogP contribution in [0, 0.1) is 25.5 Å². The molecule has 0 aliphatic carbocycles. The smallest absolute Gasteiger partial charge is 0.325 e. The molecule has 0 radical (unpaired) electrons. The molecule has 3 N–H and O–H groups in total. The summed E-state index contributed by atoms with van der Waals surface area (Å²) in [5.74, 6) is -2.89. The van der Waals surface area contributed by atoms with Crippen molar-refractivity contribution in [2.75, 3.05) is 0 Å². The number of rotatable bonds is 2. The maximum atomic E-state index is 13.2. The summed E-state index contributed by atoms with van der Waals surface area (Å²) in [6.45, 7) is 2.75. The molecule has 0 fully saturated rings. The topological polar surface area (TPSA) is 63.3 Å². The third-order valence-corrected chi connectivity index (χ3v) is 2.36. The number of hydrogen-bond donors (Lipinski definition) is 2. The second-order valence-corrected chi connectivity index (χ2v) is 3.32. The lowest BCUT2D eigenvalue weighted by Crippen LogP contribution is -2.23. The molecule has 0 amide bonds. The largest absolute Gasteiger partial charge is 0.480 e. The van der Waals surface area contributed by atoms with E-state index in [1.54, 1.807) is 0 Å². The van der Waals surface area contributed by atoms with E-state index in [9.17, 15) is 13.6 Å². The maximum Gasteiger partial charge on any atom is 0.325 e. The average molecular weight is 215 g/mol. The van der Waals surface area contributed by atoms with Crippen molar-refractivity contribution >= 4 is 5.97 Å². The third-order valence-electron chi connectivity index (χ3n) is 2.36. The zero-order valence-electron chi connectivity index (χ0n) is 8.34. The molecule has 0 bridgehead atoms. The zero-order chi connectivity index (χ0) is 11.7. The molecule has 82 valence electrons. The molecule has 1 aromatic carbocycles. The van der Waals surface area contributed by atoms with E-state index in [1.807, 2.05) is 0 Å². The fraction of sp³-hybridized carbons (Fsp3) is 0.300. The van der Waals surface area contributed by atoms with Gasteiger partial charge in [0.25, 0.3) is 0 Å². The first-order valence-electron chi connectivity index (χ1n) is 4.29. The molecule has 0 heterocycles. The van der Waals surface area contributed by atoms with E-state index < -0.39 is 23.6 Å². The van der Waals surface area contributed by atoms with Gasteiger partial charge < -0.3 is 10.8 Å². The Balaban J connectivity index is 3.45. The van der Waals surface area contributed by atoms with E-state index in [-0.39, 0.29) is 16.7 Å². The second kappa shape index (κ2) is 3.94. The maximum absolute atomic E-state index is 13.2. The third kappa shape index (κ3) is 1.97. The molecular formula is C10H11F2NO2. The summed E-state index contributed by atoms with van der Waals surface area (Å²) in [5.41, 5.74) is 5.49. The van der Waals surface area contributed by atoms with Gasteiger partial charge in [0.05, 0.1) is 0 Å². The monoisotopic (exact) mass is 215 g/mol. The van der Waals surface area contributed by atoms with Crippen LogP contribution in [-0.4, -0.2) is 11.1 Å².